The lowest BCUT2D eigenvalue weighted by atomic mass is 9.72. The summed E-state index contributed by atoms with van der Waals surface area (Å²) in [6.07, 6.45) is 5.00. The first-order valence-electron chi connectivity index (χ1n) is 9.11. The summed E-state index contributed by atoms with van der Waals surface area (Å²) in [6.45, 7) is 1.85. The number of hydrogen-bond donors (Lipinski definition) is 2. The van der Waals surface area contributed by atoms with Crippen LogP contribution in [0.4, 0.5) is 0 Å². The van der Waals surface area contributed by atoms with Gasteiger partial charge in [0.15, 0.2) is 0 Å². The Bertz CT molecular complexity index is 917. The molecule has 0 saturated carbocycles. The van der Waals surface area contributed by atoms with Crippen LogP contribution in [0.2, 0.25) is 0 Å². The zero-order chi connectivity index (χ0) is 17.6. The molecule has 6 heteroatoms. The van der Waals surface area contributed by atoms with Gasteiger partial charge in [0.25, 0.3) is 0 Å². The SMILES string of the molecule is O[C@@H]1[C@@H](n2cc(-c3ccccn3)nn2)c2ccccc2C12CCNCC2. The van der Waals surface area contributed by atoms with Crippen LogP contribution in [0.25, 0.3) is 11.4 Å². The molecule has 1 fully saturated rings. The van der Waals surface area contributed by atoms with Crippen molar-refractivity contribution in [1.82, 2.24) is 25.3 Å². The second-order valence-corrected chi connectivity index (χ2v) is 7.18. The van der Waals surface area contributed by atoms with Crippen molar-refractivity contribution in [2.24, 2.45) is 0 Å². The van der Waals surface area contributed by atoms with Crippen LogP contribution in [0.15, 0.2) is 54.9 Å². The largest absolute Gasteiger partial charge is 0.390 e. The topological polar surface area (TPSA) is 75.9 Å². The molecule has 1 spiro atoms. The number of nitrogens with one attached hydrogen (secondary N) is 1. The number of aliphatic hydroxyl groups is 1. The molecule has 2 aromatic heterocycles. The first-order valence-corrected chi connectivity index (χ1v) is 9.11. The Morgan fingerprint density at radius 2 is 1.85 bits per heavy atom. The van der Waals surface area contributed by atoms with Crippen molar-refractivity contribution < 1.29 is 5.11 Å². The zero-order valence-electron chi connectivity index (χ0n) is 14.4. The smallest absolute Gasteiger partial charge is 0.131 e. The number of piperidine rings is 1. The van der Waals surface area contributed by atoms with E-state index >= 15 is 0 Å². The number of rotatable bonds is 2. The molecular formula is C20H21N5O. The third-order valence-electron chi connectivity index (χ3n) is 5.90. The molecule has 0 amide bonds. The van der Waals surface area contributed by atoms with Crippen LogP contribution in [0.5, 0.6) is 0 Å². The summed E-state index contributed by atoms with van der Waals surface area (Å²) in [7, 11) is 0. The van der Waals surface area contributed by atoms with E-state index < -0.39 is 6.10 Å². The molecule has 0 radical (unpaired) electrons. The van der Waals surface area contributed by atoms with Crippen molar-refractivity contribution in [3.05, 3.63) is 66.0 Å². The lowest BCUT2D eigenvalue weighted by Crippen LogP contribution is -2.47. The molecule has 2 N–H and O–H groups in total. The van der Waals surface area contributed by atoms with E-state index in [0.29, 0.717) is 0 Å². The quantitative estimate of drug-likeness (QED) is 0.741. The second-order valence-electron chi connectivity index (χ2n) is 7.18. The van der Waals surface area contributed by atoms with Gasteiger partial charge in [-0.2, -0.15) is 0 Å². The van der Waals surface area contributed by atoms with E-state index in [9.17, 15) is 5.11 Å². The van der Waals surface area contributed by atoms with Gasteiger partial charge >= 0.3 is 0 Å². The summed E-state index contributed by atoms with van der Waals surface area (Å²) in [5, 5.41) is 23.5. The molecule has 5 rings (SSSR count). The van der Waals surface area contributed by atoms with E-state index in [1.807, 2.05) is 35.1 Å². The normalized spacial score (nSPS) is 23.9. The van der Waals surface area contributed by atoms with Crippen molar-refractivity contribution in [3.8, 4) is 11.4 Å². The third-order valence-corrected chi connectivity index (χ3v) is 5.90. The van der Waals surface area contributed by atoms with Gasteiger partial charge in [0.05, 0.1) is 18.0 Å². The highest BCUT2D eigenvalue weighted by Crippen LogP contribution is 2.51. The number of pyridine rings is 1. The molecular weight excluding hydrogens is 326 g/mol. The van der Waals surface area contributed by atoms with Gasteiger partial charge in [0.1, 0.15) is 11.7 Å². The van der Waals surface area contributed by atoms with Gasteiger partial charge in [-0.1, -0.05) is 35.5 Å². The molecule has 0 bridgehead atoms. The minimum Gasteiger partial charge on any atom is -0.390 e. The summed E-state index contributed by atoms with van der Waals surface area (Å²) in [5.41, 5.74) is 3.72. The molecule has 6 nitrogen and oxygen atoms in total. The van der Waals surface area contributed by atoms with Crippen molar-refractivity contribution in [3.63, 3.8) is 0 Å². The average Bonchev–Trinajstić information content (AvgIpc) is 3.27. The van der Waals surface area contributed by atoms with Gasteiger partial charge in [0.2, 0.25) is 0 Å². The molecule has 1 aromatic carbocycles. The van der Waals surface area contributed by atoms with E-state index in [2.05, 4.69) is 38.8 Å². The fourth-order valence-electron chi connectivity index (χ4n) is 4.61. The fraction of sp³-hybridized carbons (Fsp3) is 0.350. The molecule has 132 valence electrons. The van der Waals surface area contributed by atoms with E-state index in [1.54, 1.807) is 6.20 Å². The van der Waals surface area contributed by atoms with Gasteiger partial charge in [-0.05, 0) is 49.2 Å². The van der Waals surface area contributed by atoms with E-state index in [0.717, 1.165) is 42.9 Å². The predicted molar refractivity (Wildman–Crippen MR) is 97.6 cm³/mol. The van der Waals surface area contributed by atoms with E-state index in [1.165, 1.54) is 5.56 Å². The maximum atomic E-state index is 11.4. The number of aromatic nitrogens is 4. The van der Waals surface area contributed by atoms with Crippen LogP contribution in [0.3, 0.4) is 0 Å². The molecule has 3 aromatic rings. The highest BCUT2D eigenvalue weighted by Gasteiger charge is 2.52. The molecule has 1 aliphatic carbocycles. The zero-order valence-corrected chi connectivity index (χ0v) is 14.4. The number of aliphatic hydroxyl groups excluding tert-OH is 1. The van der Waals surface area contributed by atoms with Gasteiger partial charge in [0, 0.05) is 11.6 Å². The highest BCUT2D eigenvalue weighted by molar-refractivity contribution is 5.52. The first kappa shape index (κ1) is 15.7. The molecule has 0 unspecified atom stereocenters. The molecule has 1 saturated heterocycles. The first-order chi connectivity index (χ1) is 12.8. The molecule has 26 heavy (non-hydrogen) atoms. The van der Waals surface area contributed by atoms with Crippen molar-refractivity contribution in [2.75, 3.05) is 13.1 Å². The summed E-state index contributed by atoms with van der Waals surface area (Å²) in [6, 6.07) is 13.9. The number of nitrogens with zero attached hydrogens (tertiary/aromatic N) is 4. The molecule has 2 atom stereocenters. The second kappa shape index (κ2) is 6.00. The Kier molecular flexibility index (Phi) is 3.62. The van der Waals surface area contributed by atoms with Gasteiger partial charge in [-0.3, -0.25) is 4.98 Å². The Morgan fingerprint density at radius 1 is 1.04 bits per heavy atom. The number of benzene rings is 1. The molecule has 3 heterocycles. The Hall–Kier alpha value is -2.57. The van der Waals surface area contributed by atoms with Crippen LogP contribution in [0.1, 0.15) is 30.0 Å². The highest BCUT2D eigenvalue weighted by atomic mass is 16.3. The van der Waals surface area contributed by atoms with Gasteiger partial charge in [-0.15, -0.1) is 5.10 Å². The minimum atomic E-state index is -0.514. The van der Waals surface area contributed by atoms with Crippen molar-refractivity contribution in [2.45, 2.75) is 30.4 Å². The standard InChI is InChI=1S/C20H21N5O/c26-19-18(25-13-17(23-24-25)16-7-3-4-10-22-16)14-5-1-2-6-15(14)20(19)8-11-21-12-9-20/h1-7,10,13,18-19,21,26H,8-9,11-12H2/t18-,19+/m0/s1. The van der Waals surface area contributed by atoms with Crippen LogP contribution in [-0.4, -0.2) is 44.3 Å². The van der Waals surface area contributed by atoms with Crippen LogP contribution < -0.4 is 5.32 Å². The Labute approximate surface area is 151 Å². The molecule has 1 aliphatic heterocycles. The summed E-state index contributed by atoms with van der Waals surface area (Å²) in [4.78, 5) is 4.35. The Morgan fingerprint density at radius 3 is 2.65 bits per heavy atom. The maximum Gasteiger partial charge on any atom is 0.131 e. The monoisotopic (exact) mass is 347 g/mol. The lowest BCUT2D eigenvalue weighted by Gasteiger charge is -2.38. The van der Waals surface area contributed by atoms with Crippen LogP contribution in [0, 0.1) is 0 Å². The van der Waals surface area contributed by atoms with Crippen LogP contribution >= 0.6 is 0 Å². The van der Waals surface area contributed by atoms with Crippen LogP contribution in [-0.2, 0) is 5.41 Å². The average molecular weight is 347 g/mol. The Balaban J connectivity index is 1.59. The van der Waals surface area contributed by atoms with Gasteiger partial charge < -0.3 is 10.4 Å². The maximum absolute atomic E-state index is 11.4. The summed E-state index contributed by atoms with van der Waals surface area (Å²) < 4.78 is 1.81. The minimum absolute atomic E-state index is 0.205. The molecule has 2 aliphatic rings. The number of fused-ring (bicyclic) bond motifs is 2. The summed E-state index contributed by atoms with van der Waals surface area (Å²) in [5.74, 6) is 0. The number of hydrogen-bond acceptors (Lipinski definition) is 5. The fourth-order valence-corrected chi connectivity index (χ4v) is 4.61. The van der Waals surface area contributed by atoms with Gasteiger partial charge in [-0.25, -0.2) is 4.68 Å². The summed E-state index contributed by atoms with van der Waals surface area (Å²) >= 11 is 0. The van der Waals surface area contributed by atoms with Crippen molar-refractivity contribution in [1.29, 1.82) is 0 Å². The predicted octanol–water partition coefficient (Wildman–Crippen LogP) is 1.93. The van der Waals surface area contributed by atoms with E-state index in [4.69, 9.17) is 0 Å². The third kappa shape index (κ3) is 2.22. The van der Waals surface area contributed by atoms with E-state index in [-0.39, 0.29) is 11.5 Å². The van der Waals surface area contributed by atoms with Crippen molar-refractivity contribution >= 4 is 0 Å². The lowest BCUT2D eigenvalue weighted by molar-refractivity contribution is 0.0421.